The molecule has 0 aliphatic heterocycles. The van der Waals surface area contributed by atoms with Crippen LogP contribution in [0, 0.1) is 22.7 Å². The van der Waals surface area contributed by atoms with Crippen LogP contribution in [0.2, 0.25) is 0 Å². The smallest absolute Gasteiger partial charge is 0.302 e. The first-order valence-corrected chi connectivity index (χ1v) is 10.5. The van der Waals surface area contributed by atoms with Crippen molar-refractivity contribution in [2.45, 2.75) is 96.2 Å². The van der Waals surface area contributed by atoms with Crippen molar-refractivity contribution in [3.8, 4) is 0 Å². The SMILES string of the molecule is CC(=O)O[C@@H]1[C@H]2CCC3=C(C)[C@@H]4C[C@H](O)C(C)(C)[C@@]4(O)[C@H](O)C[C@]31C[C@@]2(C)O. The first kappa shape index (κ1) is 20.3. The van der Waals surface area contributed by atoms with Gasteiger partial charge in [-0.2, -0.15) is 0 Å². The second-order valence-electron chi connectivity index (χ2n) is 10.6. The monoisotopic (exact) mass is 394 g/mol. The molecular formula is C22H34O6. The summed E-state index contributed by atoms with van der Waals surface area (Å²) in [5.41, 5.74) is -1.95. The third kappa shape index (κ3) is 2.26. The first-order chi connectivity index (χ1) is 12.8. The van der Waals surface area contributed by atoms with E-state index in [0.717, 1.165) is 17.6 Å². The molecule has 8 atom stereocenters. The normalized spacial score (nSPS) is 52.1. The highest BCUT2D eigenvalue weighted by Gasteiger charge is 2.71. The van der Waals surface area contributed by atoms with E-state index in [0.29, 0.717) is 19.3 Å². The Labute approximate surface area is 166 Å². The molecular weight excluding hydrogens is 360 g/mol. The molecule has 6 nitrogen and oxygen atoms in total. The number of ether oxygens (including phenoxy) is 1. The van der Waals surface area contributed by atoms with E-state index in [1.807, 2.05) is 20.8 Å². The number of aliphatic hydroxyl groups is 4. The van der Waals surface area contributed by atoms with E-state index in [1.165, 1.54) is 6.92 Å². The lowest BCUT2D eigenvalue weighted by molar-refractivity contribution is -0.178. The van der Waals surface area contributed by atoms with Crippen LogP contribution in [0.15, 0.2) is 11.1 Å². The Balaban J connectivity index is 1.91. The minimum Gasteiger partial charge on any atom is -0.461 e. The number of fused-ring (bicyclic) bond motifs is 2. The summed E-state index contributed by atoms with van der Waals surface area (Å²) in [5, 5.41) is 45.0. The Morgan fingerprint density at radius 3 is 2.39 bits per heavy atom. The fourth-order valence-corrected chi connectivity index (χ4v) is 7.44. The molecule has 0 radical (unpaired) electrons. The molecule has 4 N–H and O–H groups in total. The molecule has 6 heteroatoms. The van der Waals surface area contributed by atoms with Crippen LogP contribution in [-0.2, 0) is 9.53 Å². The van der Waals surface area contributed by atoms with E-state index in [-0.39, 0.29) is 24.2 Å². The largest absolute Gasteiger partial charge is 0.461 e. The van der Waals surface area contributed by atoms with E-state index >= 15 is 0 Å². The summed E-state index contributed by atoms with van der Waals surface area (Å²) in [7, 11) is 0. The summed E-state index contributed by atoms with van der Waals surface area (Å²) in [6, 6.07) is 0. The van der Waals surface area contributed by atoms with E-state index in [2.05, 4.69) is 0 Å². The first-order valence-electron chi connectivity index (χ1n) is 10.5. The van der Waals surface area contributed by atoms with Gasteiger partial charge in [-0.25, -0.2) is 0 Å². The Hall–Kier alpha value is -0.950. The summed E-state index contributed by atoms with van der Waals surface area (Å²) < 4.78 is 5.78. The van der Waals surface area contributed by atoms with Crippen molar-refractivity contribution in [3.05, 3.63) is 11.1 Å². The van der Waals surface area contributed by atoms with Gasteiger partial charge in [0.05, 0.1) is 17.8 Å². The van der Waals surface area contributed by atoms with E-state index < -0.39 is 40.3 Å². The van der Waals surface area contributed by atoms with Gasteiger partial charge >= 0.3 is 5.97 Å². The van der Waals surface area contributed by atoms with Crippen LogP contribution in [0.5, 0.6) is 0 Å². The standard InChI is InChI=1S/C22H34O6/c1-11-13-6-7-14-18(28-12(2)23)21(13,10-20(14,5)26)9-17(25)22(27)15(11)8-16(24)19(22,3)4/h14-18,24-27H,6-10H2,1-5H3/t14-,15+,16+,17-,18-,20-,21+,22+/m1/s1. The molecule has 0 heterocycles. The van der Waals surface area contributed by atoms with Crippen molar-refractivity contribution in [1.29, 1.82) is 0 Å². The zero-order valence-corrected chi connectivity index (χ0v) is 17.5. The molecule has 0 amide bonds. The minimum absolute atomic E-state index is 0.189. The lowest BCUT2D eigenvalue weighted by atomic mass is 9.64. The average Bonchev–Trinajstić information content (AvgIpc) is 2.79. The van der Waals surface area contributed by atoms with Gasteiger partial charge in [0.15, 0.2) is 0 Å². The summed E-state index contributed by atoms with van der Waals surface area (Å²) in [4.78, 5) is 11.9. The van der Waals surface area contributed by atoms with E-state index in [9.17, 15) is 25.2 Å². The zero-order chi connectivity index (χ0) is 20.9. The molecule has 3 saturated carbocycles. The maximum absolute atomic E-state index is 11.9. The highest BCUT2D eigenvalue weighted by atomic mass is 16.5. The summed E-state index contributed by atoms with van der Waals surface area (Å²) in [6.45, 7) is 8.77. The third-order valence-corrected chi connectivity index (χ3v) is 8.90. The highest BCUT2D eigenvalue weighted by molar-refractivity contribution is 5.66. The molecule has 0 unspecified atom stereocenters. The summed E-state index contributed by atoms with van der Waals surface area (Å²) in [6.07, 6.45) is 0.142. The van der Waals surface area contributed by atoms with Crippen molar-refractivity contribution in [3.63, 3.8) is 0 Å². The Morgan fingerprint density at radius 1 is 1.14 bits per heavy atom. The van der Waals surface area contributed by atoms with Crippen molar-refractivity contribution in [1.82, 2.24) is 0 Å². The topological polar surface area (TPSA) is 107 Å². The van der Waals surface area contributed by atoms with E-state index in [4.69, 9.17) is 4.74 Å². The molecule has 0 aromatic rings. The van der Waals surface area contributed by atoms with Crippen LogP contribution in [0.4, 0.5) is 0 Å². The van der Waals surface area contributed by atoms with Gasteiger partial charge in [-0.05, 0) is 46.0 Å². The van der Waals surface area contributed by atoms with Gasteiger partial charge in [0.2, 0.25) is 0 Å². The number of carbonyl (C=O) groups is 1. The number of hydrogen-bond donors (Lipinski definition) is 4. The minimum atomic E-state index is -1.47. The molecule has 158 valence electrons. The van der Waals surface area contributed by atoms with Crippen LogP contribution in [0.25, 0.3) is 0 Å². The van der Waals surface area contributed by atoms with Crippen LogP contribution in [-0.4, -0.2) is 55.9 Å². The van der Waals surface area contributed by atoms with Crippen LogP contribution in [0.1, 0.15) is 66.7 Å². The quantitative estimate of drug-likeness (QED) is 0.398. The molecule has 4 rings (SSSR count). The molecule has 0 saturated heterocycles. The zero-order valence-electron chi connectivity index (χ0n) is 17.5. The number of rotatable bonds is 1. The molecule has 4 aliphatic rings. The van der Waals surface area contributed by atoms with E-state index in [1.54, 1.807) is 6.92 Å². The lowest BCUT2D eigenvalue weighted by Crippen LogP contribution is -2.57. The average molecular weight is 395 g/mol. The Bertz CT molecular complexity index is 739. The fourth-order valence-electron chi connectivity index (χ4n) is 7.44. The van der Waals surface area contributed by atoms with Gasteiger partial charge in [0, 0.05) is 29.6 Å². The molecule has 3 fully saturated rings. The molecule has 0 aromatic heterocycles. The molecule has 1 spiro atoms. The molecule has 4 aliphatic carbocycles. The van der Waals surface area contributed by atoms with Crippen molar-refractivity contribution >= 4 is 5.97 Å². The van der Waals surface area contributed by atoms with Gasteiger partial charge in [0.1, 0.15) is 11.7 Å². The van der Waals surface area contributed by atoms with Crippen LogP contribution in [0.3, 0.4) is 0 Å². The summed E-state index contributed by atoms with van der Waals surface area (Å²) in [5.74, 6) is -0.937. The Kier molecular flexibility index (Phi) is 4.22. The maximum atomic E-state index is 11.9. The summed E-state index contributed by atoms with van der Waals surface area (Å²) >= 11 is 0. The van der Waals surface area contributed by atoms with Crippen LogP contribution < -0.4 is 0 Å². The van der Waals surface area contributed by atoms with Crippen molar-refractivity contribution < 1.29 is 30.0 Å². The second-order valence-corrected chi connectivity index (χ2v) is 10.6. The van der Waals surface area contributed by atoms with Gasteiger partial charge in [0.25, 0.3) is 0 Å². The predicted molar refractivity (Wildman–Crippen MR) is 102 cm³/mol. The van der Waals surface area contributed by atoms with Crippen molar-refractivity contribution in [2.75, 3.05) is 0 Å². The Morgan fingerprint density at radius 2 is 1.79 bits per heavy atom. The number of aliphatic hydroxyl groups excluding tert-OH is 2. The van der Waals surface area contributed by atoms with Gasteiger partial charge in [-0.1, -0.05) is 25.0 Å². The number of hydrogen-bond acceptors (Lipinski definition) is 6. The number of carbonyl (C=O) groups excluding carboxylic acids is 1. The maximum Gasteiger partial charge on any atom is 0.302 e. The highest BCUT2D eigenvalue weighted by Crippen LogP contribution is 2.67. The lowest BCUT2D eigenvalue weighted by Gasteiger charge is -2.46. The van der Waals surface area contributed by atoms with Crippen LogP contribution >= 0.6 is 0 Å². The molecule has 0 aromatic carbocycles. The molecule has 2 bridgehead atoms. The van der Waals surface area contributed by atoms with Gasteiger partial charge in [-0.15, -0.1) is 0 Å². The van der Waals surface area contributed by atoms with Gasteiger partial charge in [-0.3, -0.25) is 4.79 Å². The number of esters is 1. The molecule has 28 heavy (non-hydrogen) atoms. The van der Waals surface area contributed by atoms with Gasteiger partial charge < -0.3 is 25.2 Å². The predicted octanol–water partition coefficient (Wildman–Crippen LogP) is 1.69. The third-order valence-electron chi connectivity index (χ3n) is 8.90. The van der Waals surface area contributed by atoms with Crippen molar-refractivity contribution in [2.24, 2.45) is 22.7 Å². The second kappa shape index (κ2) is 5.81. The fraction of sp³-hybridized carbons (Fsp3) is 0.864.